The van der Waals surface area contributed by atoms with Crippen LogP contribution in [-0.2, 0) is 0 Å². The van der Waals surface area contributed by atoms with Crippen LogP contribution in [0.15, 0.2) is 61.4 Å². The number of aromatic nitrogens is 6. The van der Waals surface area contributed by atoms with E-state index in [4.69, 9.17) is 16.6 Å². The molecule has 0 radical (unpaired) electrons. The Morgan fingerprint density at radius 2 is 2.03 bits per heavy atom. The van der Waals surface area contributed by atoms with E-state index >= 15 is 0 Å². The highest BCUT2D eigenvalue weighted by Crippen LogP contribution is 2.33. The van der Waals surface area contributed by atoms with Crippen molar-refractivity contribution < 1.29 is 0 Å². The van der Waals surface area contributed by atoms with E-state index in [1.807, 2.05) is 30.3 Å². The fourth-order valence-corrected chi connectivity index (χ4v) is 3.62. The van der Waals surface area contributed by atoms with E-state index in [2.05, 4.69) is 43.2 Å². The van der Waals surface area contributed by atoms with Crippen LogP contribution in [0.2, 0.25) is 5.02 Å². The number of hydrogen-bond acceptors (Lipinski definition) is 6. The van der Waals surface area contributed by atoms with Crippen molar-refractivity contribution in [3.05, 3.63) is 72.0 Å². The van der Waals surface area contributed by atoms with Crippen LogP contribution in [0.1, 0.15) is 18.5 Å². The second kappa shape index (κ2) is 7.10. The van der Waals surface area contributed by atoms with Gasteiger partial charge in [0.15, 0.2) is 11.5 Å². The highest BCUT2D eigenvalue weighted by molar-refractivity contribution is 6.35. The van der Waals surface area contributed by atoms with Crippen molar-refractivity contribution in [2.24, 2.45) is 0 Å². The molecule has 8 heteroatoms. The van der Waals surface area contributed by atoms with Crippen LogP contribution in [0.3, 0.4) is 0 Å². The minimum atomic E-state index is -0.0949. The zero-order chi connectivity index (χ0) is 19.8. The lowest BCUT2D eigenvalue weighted by Crippen LogP contribution is -2.11. The molecule has 4 heterocycles. The summed E-state index contributed by atoms with van der Waals surface area (Å²) >= 11 is 6.41. The van der Waals surface area contributed by atoms with Crippen LogP contribution in [0.5, 0.6) is 0 Å². The molecule has 0 unspecified atom stereocenters. The molecular formula is C21H16ClN7. The van der Waals surface area contributed by atoms with E-state index in [1.54, 1.807) is 18.7 Å². The second-order valence-corrected chi connectivity index (χ2v) is 7.08. The predicted molar refractivity (Wildman–Crippen MR) is 114 cm³/mol. The average Bonchev–Trinajstić information content (AvgIpc) is 3.24. The minimum Gasteiger partial charge on any atom is -0.362 e. The summed E-state index contributed by atoms with van der Waals surface area (Å²) in [5, 5.41) is 5.06. The Balaban J connectivity index is 1.65. The molecule has 142 valence electrons. The standard InChI is InChI=1S/C21H16ClN7/c1-12(28-21-19-20(25-10-24-19)26-11-27-21)15-8-13-4-2-6-16(22)18(13)29-17(15)14-5-3-7-23-9-14/h2-12H,1H3,(H2,24,25,26,27,28)/t12-/m0/s1. The number of nitrogens with zero attached hydrogens (tertiary/aromatic N) is 5. The third-order valence-electron chi connectivity index (χ3n) is 4.80. The molecule has 0 spiro atoms. The highest BCUT2D eigenvalue weighted by Gasteiger charge is 2.18. The molecule has 0 bridgehead atoms. The number of aromatic amines is 1. The van der Waals surface area contributed by atoms with E-state index < -0.39 is 0 Å². The van der Waals surface area contributed by atoms with Crippen molar-refractivity contribution in [1.82, 2.24) is 29.9 Å². The molecule has 0 aliphatic heterocycles. The van der Waals surface area contributed by atoms with Gasteiger partial charge in [-0.15, -0.1) is 0 Å². The lowest BCUT2D eigenvalue weighted by Gasteiger charge is -2.19. The number of benzene rings is 1. The van der Waals surface area contributed by atoms with Gasteiger partial charge < -0.3 is 10.3 Å². The van der Waals surface area contributed by atoms with Crippen LogP contribution in [-0.4, -0.2) is 29.9 Å². The van der Waals surface area contributed by atoms with E-state index in [1.165, 1.54) is 6.33 Å². The van der Waals surface area contributed by atoms with Gasteiger partial charge in [-0.05, 0) is 31.2 Å². The van der Waals surface area contributed by atoms with Gasteiger partial charge in [0, 0.05) is 28.9 Å². The first-order chi connectivity index (χ1) is 14.2. The SMILES string of the molecule is C[C@H](Nc1ncnc2nc[nH]c12)c1cc2cccc(Cl)c2nc1-c1cccnc1. The summed E-state index contributed by atoms with van der Waals surface area (Å²) in [7, 11) is 0. The minimum absolute atomic E-state index is 0.0949. The number of H-pyrrole nitrogens is 1. The largest absolute Gasteiger partial charge is 0.362 e. The summed E-state index contributed by atoms with van der Waals surface area (Å²) in [5.41, 5.74) is 4.91. The molecule has 0 fully saturated rings. The molecule has 7 nitrogen and oxygen atoms in total. The maximum Gasteiger partial charge on any atom is 0.182 e. The van der Waals surface area contributed by atoms with Crippen molar-refractivity contribution in [3.8, 4) is 11.3 Å². The van der Waals surface area contributed by atoms with Gasteiger partial charge in [-0.25, -0.2) is 19.9 Å². The number of imidazole rings is 1. The average molecular weight is 402 g/mol. The summed E-state index contributed by atoms with van der Waals surface area (Å²) in [6.45, 7) is 2.07. The van der Waals surface area contributed by atoms with Crippen LogP contribution in [0.4, 0.5) is 5.82 Å². The van der Waals surface area contributed by atoms with Crippen LogP contribution >= 0.6 is 11.6 Å². The molecule has 29 heavy (non-hydrogen) atoms. The Morgan fingerprint density at radius 3 is 2.90 bits per heavy atom. The third-order valence-corrected chi connectivity index (χ3v) is 5.11. The van der Waals surface area contributed by atoms with Gasteiger partial charge >= 0.3 is 0 Å². The normalized spacial score (nSPS) is 12.3. The fraction of sp³-hybridized carbons (Fsp3) is 0.0952. The number of halogens is 1. The first kappa shape index (κ1) is 17.5. The Kier molecular flexibility index (Phi) is 4.29. The van der Waals surface area contributed by atoms with Gasteiger partial charge in [-0.3, -0.25) is 4.98 Å². The molecule has 0 amide bonds. The van der Waals surface area contributed by atoms with Crippen LogP contribution in [0, 0.1) is 0 Å². The Labute approximate surface area is 171 Å². The quantitative estimate of drug-likeness (QED) is 0.449. The number of rotatable bonds is 4. The number of pyridine rings is 2. The fourth-order valence-electron chi connectivity index (χ4n) is 3.40. The van der Waals surface area contributed by atoms with E-state index in [0.717, 1.165) is 33.2 Å². The van der Waals surface area contributed by atoms with Gasteiger partial charge in [0.05, 0.1) is 28.6 Å². The molecule has 2 N–H and O–H groups in total. The monoisotopic (exact) mass is 401 g/mol. The highest BCUT2D eigenvalue weighted by atomic mass is 35.5. The van der Waals surface area contributed by atoms with Gasteiger partial charge in [0.25, 0.3) is 0 Å². The van der Waals surface area contributed by atoms with Gasteiger partial charge in [0.1, 0.15) is 11.8 Å². The van der Waals surface area contributed by atoms with Crippen LogP contribution in [0.25, 0.3) is 33.3 Å². The van der Waals surface area contributed by atoms with Crippen LogP contribution < -0.4 is 5.32 Å². The van der Waals surface area contributed by atoms with E-state index in [0.29, 0.717) is 16.5 Å². The van der Waals surface area contributed by atoms with Gasteiger partial charge in [-0.1, -0.05) is 23.7 Å². The molecule has 0 aliphatic rings. The lowest BCUT2D eigenvalue weighted by molar-refractivity contribution is 0.873. The summed E-state index contributed by atoms with van der Waals surface area (Å²) in [5.74, 6) is 0.684. The molecule has 1 atom stereocenters. The topological polar surface area (TPSA) is 92.3 Å². The first-order valence-electron chi connectivity index (χ1n) is 9.11. The maximum absolute atomic E-state index is 6.41. The first-order valence-corrected chi connectivity index (χ1v) is 9.48. The maximum atomic E-state index is 6.41. The van der Waals surface area contributed by atoms with Crippen molar-refractivity contribution in [2.75, 3.05) is 5.32 Å². The van der Waals surface area contributed by atoms with Crippen molar-refractivity contribution in [1.29, 1.82) is 0 Å². The molecule has 4 aromatic heterocycles. The summed E-state index contributed by atoms with van der Waals surface area (Å²) in [6.07, 6.45) is 6.66. The van der Waals surface area contributed by atoms with Crippen molar-refractivity contribution in [3.63, 3.8) is 0 Å². The van der Waals surface area contributed by atoms with E-state index in [-0.39, 0.29) is 6.04 Å². The zero-order valence-electron chi connectivity index (χ0n) is 15.5. The molecule has 0 saturated carbocycles. The third kappa shape index (κ3) is 3.15. The number of hydrogen-bond donors (Lipinski definition) is 2. The second-order valence-electron chi connectivity index (χ2n) is 6.67. The summed E-state index contributed by atoms with van der Waals surface area (Å²) < 4.78 is 0. The number of fused-ring (bicyclic) bond motifs is 2. The number of anilines is 1. The lowest BCUT2D eigenvalue weighted by atomic mass is 9.99. The summed E-state index contributed by atoms with van der Waals surface area (Å²) in [6, 6.07) is 11.7. The smallest absolute Gasteiger partial charge is 0.182 e. The van der Waals surface area contributed by atoms with Gasteiger partial charge in [-0.2, -0.15) is 0 Å². The molecule has 5 aromatic rings. The van der Waals surface area contributed by atoms with E-state index in [9.17, 15) is 0 Å². The number of para-hydroxylation sites is 1. The zero-order valence-corrected chi connectivity index (χ0v) is 16.2. The van der Waals surface area contributed by atoms with Crippen molar-refractivity contribution in [2.45, 2.75) is 13.0 Å². The Bertz CT molecular complexity index is 1320. The van der Waals surface area contributed by atoms with Crippen molar-refractivity contribution >= 4 is 39.5 Å². The number of nitrogens with one attached hydrogen (secondary N) is 2. The molecule has 0 aliphatic carbocycles. The Hall–Kier alpha value is -3.58. The van der Waals surface area contributed by atoms with Gasteiger partial charge in [0.2, 0.25) is 0 Å². The molecular weight excluding hydrogens is 386 g/mol. The molecule has 0 saturated heterocycles. The molecule has 1 aromatic carbocycles. The summed E-state index contributed by atoms with van der Waals surface area (Å²) in [4.78, 5) is 25.0. The Morgan fingerprint density at radius 1 is 1.10 bits per heavy atom. The predicted octanol–water partition coefficient (Wildman–Crippen LogP) is 4.79. The molecule has 5 rings (SSSR count).